The first-order valence-corrected chi connectivity index (χ1v) is 6.70. The topological polar surface area (TPSA) is 77.2 Å². The Morgan fingerprint density at radius 2 is 2.10 bits per heavy atom. The van der Waals surface area contributed by atoms with Crippen molar-refractivity contribution < 1.29 is 4.92 Å². The standard InChI is InChI=1S/C15H17N3O3/c1-3-17-8-4-5-13(15(17)19)16-10-12-7-6-11(2)14(9-12)18(20)21/h4-9,16H,3,10H2,1-2H3. The monoisotopic (exact) mass is 287 g/mol. The Morgan fingerprint density at radius 3 is 2.76 bits per heavy atom. The molecule has 0 radical (unpaired) electrons. The molecule has 110 valence electrons. The van der Waals surface area contributed by atoms with Crippen molar-refractivity contribution in [3.63, 3.8) is 0 Å². The van der Waals surface area contributed by atoms with E-state index in [9.17, 15) is 14.9 Å². The number of aryl methyl sites for hydroxylation is 2. The fourth-order valence-electron chi connectivity index (χ4n) is 2.08. The van der Waals surface area contributed by atoms with E-state index in [1.165, 1.54) is 6.07 Å². The van der Waals surface area contributed by atoms with Crippen molar-refractivity contribution in [3.05, 3.63) is 68.1 Å². The molecule has 6 nitrogen and oxygen atoms in total. The predicted molar refractivity (Wildman–Crippen MR) is 81.5 cm³/mol. The molecule has 2 aromatic rings. The van der Waals surface area contributed by atoms with E-state index in [2.05, 4.69) is 5.32 Å². The van der Waals surface area contributed by atoms with Crippen LogP contribution >= 0.6 is 0 Å². The SMILES string of the molecule is CCn1cccc(NCc2ccc(C)c([N+](=O)[O-])c2)c1=O. The van der Waals surface area contributed by atoms with Gasteiger partial charge in [0.05, 0.1) is 4.92 Å². The average Bonchev–Trinajstić information content (AvgIpc) is 2.47. The van der Waals surface area contributed by atoms with Crippen molar-refractivity contribution in [2.75, 3.05) is 5.32 Å². The van der Waals surface area contributed by atoms with Gasteiger partial charge in [0.2, 0.25) is 0 Å². The molecule has 0 bridgehead atoms. The fourth-order valence-corrected chi connectivity index (χ4v) is 2.08. The number of benzene rings is 1. The molecular weight excluding hydrogens is 270 g/mol. The number of nitrogens with one attached hydrogen (secondary N) is 1. The van der Waals surface area contributed by atoms with Crippen molar-refractivity contribution in [1.82, 2.24) is 4.57 Å². The second kappa shape index (κ2) is 6.21. The summed E-state index contributed by atoms with van der Waals surface area (Å²) in [6.07, 6.45) is 1.73. The summed E-state index contributed by atoms with van der Waals surface area (Å²) in [5.74, 6) is 0. The summed E-state index contributed by atoms with van der Waals surface area (Å²) in [5.41, 5.74) is 1.87. The van der Waals surface area contributed by atoms with Gasteiger partial charge in [-0.3, -0.25) is 14.9 Å². The molecule has 0 fully saturated rings. The molecule has 1 heterocycles. The van der Waals surface area contributed by atoms with Crippen molar-refractivity contribution in [2.45, 2.75) is 26.9 Å². The molecule has 0 aliphatic rings. The highest BCUT2D eigenvalue weighted by Gasteiger charge is 2.11. The number of hydrogen-bond donors (Lipinski definition) is 1. The predicted octanol–water partition coefficient (Wildman–Crippen LogP) is 2.70. The van der Waals surface area contributed by atoms with Crippen molar-refractivity contribution >= 4 is 11.4 Å². The van der Waals surface area contributed by atoms with Gasteiger partial charge in [-0.05, 0) is 31.5 Å². The van der Waals surface area contributed by atoms with Crippen LogP contribution in [0.3, 0.4) is 0 Å². The van der Waals surface area contributed by atoms with E-state index in [1.54, 1.807) is 35.9 Å². The molecule has 0 aliphatic carbocycles. The lowest BCUT2D eigenvalue weighted by Crippen LogP contribution is -2.21. The summed E-state index contributed by atoms with van der Waals surface area (Å²) in [4.78, 5) is 22.6. The van der Waals surface area contributed by atoms with Crippen LogP contribution < -0.4 is 10.9 Å². The van der Waals surface area contributed by atoms with E-state index in [0.29, 0.717) is 24.3 Å². The van der Waals surface area contributed by atoms with Crippen LogP contribution in [0, 0.1) is 17.0 Å². The molecule has 1 N–H and O–H groups in total. The molecule has 0 saturated carbocycles. The van der Waals surface area contributed by atoms with Gasteiger partial charge in [-0.15, -0.1) is 0 Å². The minimum Gasteiger partial charge on any atom is -0.377 e. The van der Waals surface area contributed by atoms with E-state index in [-0.39, 0.29) is 11.2 Å². The Kier molecular flexibility index (Phi) is 4.37. The zero-order chi connectivity index (χ0) is 15.4. The minimum absolute atomic E-state index is 0.0910. The van der Waals surface area contributed by atoms with Gasteiger partial charge in [-0.2, -0.15) is 0 Å². The maximum absolute atomic E-state index is 12.0. The first kappa shape index (κ1) is 14.8. The molecule has 0 aliphatic heterocycles. The molecule has 1 aromatic heterocycles. The zero-order valence-corrected chi connectivity index (χ0v) is 12.0. The molecule has 0 saturated heterocycles. The van der Waals surface area contributed by atoms with Crippen LogP contribution in [0.15, 0.2) is 41.3 Å². The van der Waals surface area contributed by atoms with Crippen molar-refractivity contribution in [3.8, 4) is 0 Å². The van der Waals surface area contributed by atoms with E-state index in [0.717, 1.165) is 5.56 Å². The number of hydrogen-bond acceptors (Lipinski definition) is 4. The highest BCUT2D eigenvalue weighted by molar-refractivity contribution is 5.45. The third kappa shape index (κ3) is 3.28. The summed E-state index contributed by atoms with van der Waals surface area (Å²) < 4.78 is 1.60. The largest absolute Gasteiger partial charge is 0.377 e. The lowest BCUT2D eigenvalue weighted by atomic mass is 10.1. The van der Waals surface area contributed by atoms with Crippen LogP contribution in [0.4, 0.5) is 11.4 Å². The fraction of sp³-hybridized carbons (Fsp3) is 0.267. The third-order valence-corrected chi connectivity index (χ3v) is 3.31. The Morgan fingerprint density at radius 1 is 1.33 bits per heavy atom. The molecule has 0 amide bonds. The smallest absolute Gasteiger partial charge is 0.273 e. The minimum atomic E-state index is -0.397. The molecule has 0 spiro atoms. The summed E-state index contributed by atoms with van der Waals surface area (Å²) in [6.45, 7) is 4.56. The van der Waals surface area contributed by atoms with E-state index < -0.39 is 4.92 Å². The lowest BCUT2D eigenvalue weighted by Gasteiger charge is -2.09. The number of aromatic nitrogens is 1. The Balaban J connectivity index is 2.19. The van der Waals surface area contributed by atoms with Gasteiger partial charge in [0.15, 0.2) is 0 Å². The highest BCUT2D eigenvalue weighted by Crippen LogP contribution is 2.19. The maximum Gasteiger partial charge on any atom is 0.273 e. The lowest BCUT2D eigenvalue weighted by molar-refractivity contribution is -0.385. The molecular formula is C15H17N3O3. The Labute approximate surface area is 122 Å². The van der Waals surface area contributed by atoms with Gasteiger partial charge in [0.25, 0.3) is 11.2 Å². The number of nitrogens with zero attached hydrogens (tertiary/aromatic N) is 2. The highest BCUT2D eigenvalue weighted by atomic mass is 16.6. The van der Waals surface area contributed by atoms with Gasteiger partial charge in [-0.25, -0.2) is 0 Å². The average molecular weight is 287 g/mol. The van der Waals surface area contributed by atoms with Gasteiger partial charge in [0.1, 0.15) is 5.69 Å². The van der Waals surface area contributed by atoms with Crippen molar-refractivity contribution in [2.24, 2.45) is 0 Å². The number of rotatable bonds is 5. The van der Waals surface area contributed by atoms with Crippen LogP contribution in [-0.2, 0) is 13.1 Å². The van der Waals surface area contributed by atoms with Crippen LogP contribution in [0.5, 0.6) is 0 Å². The summed E-state index contributed by atoms with van der Waals surface area (Å²) >= 11 is 0. The number of nitro benzene ring substituents is 1. The Bertz CT molecular complexity index is 722. The van der Waals surface area contributed by atoms with Gasteiger partial charge >= 0.3 is 0 Å². The Hall–Kier alpha value is -2.63. The molecule has 6 heteroatoms. The van der Waals surface area contributed by atoms with E-state index in [1.807, 2.05) is 13.0 Å². The van der Waals surface area contributed by atoms with Crippen LogP contribution in [0.25, 0.3) is 0 Å². The maximum atomic E-state index is 12.0. The quantitative estimate of drug-likeness (QED) is 0.677. The van der Waals surface area contributed by atoms with Crippen molar-refractivity contribution in [1.29, 1.82) is 0 Å². The third-order valence-electron chi connectivity index (χ3n) is 3.31. The van der Waals surface area contributed by atoms with Crippen LogP contribution in [0.1, 0.15) is 18.1 Å². The van der Waals surface area contributed by atoms with Crippen LogP contribution in [-0.4, -0.2) is 9.49 Å². The van der Waals surface area contributed by atoms with E-state index in [4.69, 9.17) is 0 Å². The number of anilines is 1. The normalized spacial score (nSPS) is 10.4. The molecule has 21 heavy (non-hydrogen) atoms. The first-order chi connectivity index (χ1) is 10.0. The zero-order valence-electron chi connectivity index (χ0n) is 12.0. The summed E-state index contributed by atoms with van der Waals surface area (Å²) in [6, 6.07) is 8.56. The molecule has 0 atom stereocenters. The van der Waals surface area contributed by atoms with Gasteiger partial charge in [0, 0.05) is 30.9 Å². The summed E-state index contributed by atoms with van der Waals surface area (Å²) in [7, 11) is 0. The van der Waals surface area contributed by atoms with E-state index >= 15 is 0 Å². The second-order valence-electron chi connectivity index (χ2n) is 4.74. The number of nitro groups is 1. The first-order valence-electron chi connectivity index (χ1n) is 6.70. The summed E-state index contributed by atoms with van der Waals surface area (Å²) in [5, 5.41) is 14.0. The van der Waals surface area contributed by atoms with Gasteiger partial charge < -0.3 is 9.88 Å². The molecule has 2 rings (SSSR count). The number of pyridine rings is 1. The van der Waals surface area contributed by atoms with Crippen LogP contribution in [0.2, 0.25) is 0 Å². The molecule has 1 aromatic carbocycles. The second-order valence-corrected chi connectivity index (χ2v) is 4.74. The van der Waals surface area contributed by atoms with Gasteiger partial charge in [-0.1, -0.05) is 12.1 Å². The molecule has 0 unspecified atom stereocenters.